The van der Waals surface area contributed by atoms with Gasteiger partial charge in [0.05, 0.1) is 6.61 Å². The normalized spacial score (nSPS) is 12.2. The lowest BCUT2D eigenvalue weighted by molar-refractivity contribution is 0.302. The first-order valence-electron chi connectivity index (χ1n) is 6.89. The third-order valence-electron chi connectivity index (χ3n) is 3.00. The first-order valence-corrected chi connectivity index (χ1v) is 6.89. The zero-order valence-corrected chi connectivity index (χ0v) is 12.0. The van der Waals surface area contributed by atoms with E-state index in [1.807, 2.05) is 17.0 Å². The van der Waals surface area contributed by atoms with E-state index >= 15 is 0 Å². The van der Waals surface area contributed by atoms with Crippen molar-refractivity contribution in [2.45, 2.75) is 26.3 Å². The van der Waals surface area contributed by atoms with E-state index in [1.165, 1.54) is 0 Å². The van der Waals surface area contributed by atoms with E-state index in [2.05, 4.69) is 36.8 Å². The van der Waals surface area contributed by atoms with Crippen molar-refractivity contribution in [2.24, 2.45) is 0 Å². The summed E-state index contributed by atoms with van der Waals surface area (Å²) in [6.07, 6.45) is 4.73. The average Bonchev–Trinajstić information content (AvgIpc) is 2.44. The maximum atomic E-state index is 9.18. The van der Waals surface area contributed by atoms with Crippen molar-refractivity contribution in [1.29, 1.82) is 0 Å². The molecule has 0 spiro atoms. The minimum atomic E-state index is 0.112. The van der Waals surface area contributed by atoms with Crippen molar-refractivity contribution in [3.8, 4) is 0 Å². The Morgan fingerprint density at radius 2 is 2.37 bits per heavy atom. The number of nitrogens with zero attached hydrogens (tertiary/aromatic N) is 2. The molecule has 0 bridgehead atoms. The maximum Gasteiger partial charge on any atom is 0.133 e. The molecule has 1 heterocycles. The number of anilines is 1. The number of aliphatic hydroxyl groups is 1. The van der Waals surface area contributed by atoms with Gasteiger partial charge in [0.2, 0.25) is 0 Å². The van der Waals surface area contributed by atoms with Crippen molar-refractivity contribution in [1.82, 2.24) is 10.3 Å². The number of hydrogen-bond donors (Lipinski definition) is 2. The van der Waals surface area contributed by atoms with Crippen LogP contribution in [0.15, 0.2) is 31.0 Å². The topological polar surface area (TPSA) is 48.4 Å². The molecular weight excluding hydrogens is 238 g/mol. The molecule has 1 aromatic heterocycles. The number of aromatic nitrogens is 1. The highest BCUT2D eigenvalue weighted by atomic mass is 16.3. The summed E-state index contributed by atoms with van der Waals surface area (Å²) in [6.45, 7) is 10.4. The van der Waals surface area contributed by atoms with Gasteiger partial charge >= 0.3 is 0 Å². The third kappa shape index (κ3) is 4.65. The van der Waals surface area contributed by atoms with Crippen LogP contribution in [0.3, 0.4) is 0 Å². The second-order valence-electron chi connectivity index (χ2n) is 4.55. The lowest BCUT2D eigenvalue weighted by Crippen LogP contribution is -2.30. The summed E-state index contributed by atoms with van der Waals surface area (Å²) in [5.74, 6) is 0.924. The van der Waals surface area contributed by atoms with Crippen LogP contribution in [0, 0.1) is 0 Å². The van der Waals surface area contributed by atoms with E-state index in [4.69, 9.17) is 0 Å². The molecular formula is C15H25N3O. The fraction of sp³-hybridized carbons (Fsp3) is 0.533. The molecule has 0 aliphatic heterocycles. The molecule has 1 rings (SSSR count). The number of nitrogens with one attached hydrogen (secondary N) is 1. The van der Waals surface area contributed by atoms with Gasteiger partial charge in [0, 0.05) is 30.9 Å². The molecule has 1 atom stereocenters. The van der Waals surface area contributed by atoms with Crippen molar-refractivity contribution in [3.05, 3.63) is 36.5 Å². The van der Waals surface area contributed by atoms with Crippen LogP contribution in [0.4, 0.5) is 5.82 Å². The van der Waals surface area contributed by atoms with Gasteiger partial charge in [0.1, 0.15) is 5.82 Å². The fourth-order valence-electron chi connectivity index (χ4n) is 2.04. The summed E-state index contributed by atoms with van der Waals surface area (Å²) in [7, 11) is 0. The Hall–Kier alpha value is -1.39. The Balaban J connectivity index is 2.94. The van der Waals surface area contributed by atoms with Gasteiger partial charge in [-0.25, -0.2) is 4.98 Å². The molecule has 0 fully saturated rings. The van der Waals surface area contributed by atoms with Crippen molar-refractivity contribution >= 4 is 5.82 Å². The van der Waals surface area contributed by atoms with Gasteiger partial charge in [-0.2, -0.15) is 0 Å². The van der Waals surface area contributed by atoms with Crippen LogP contribution in [-0.4, -0.2) is 36.3 Å². The Morgan fingerprint density at radius 1 is 1.58 bits per heavy atom. The number of hydrogen-bond acceptors (Lipinski definition) is 4. The molecule has 0 saturated carbocycles. The number of rotatable bonds is 9. The van der Waals surface area contributed by atoms with Crippen LogP contribution < -0.4 is 10.2 Å². The standard InChI is InChI=1S/C15H25N3O/c1-4-8-16-13(3)14-7-6-9-17-15(14)18(10-5-2)11-12-19/h5-7,9,13,16,19H,2,4,8,10-12H2,1,3H3. The van der Waals surface area contributed by atoms with Crippen LogP contribution in [0.25, 0.3) is 0 Å². The molecule has 0 amide bonds. The quantitative estimate of drug-likeness (QED) is 0.670. The summed E-state index contributed by atoms with van der Waals surface area (Å²) in [5.41, 5.74) is 1.16. The Morgan fingerprint density at radius 3 is 3.00 bits per heavy atom. The minimum absolute atomic E-state index is 0.112. The van der Waals surface area contributed by atoms with Gasteiger partial charge in [-0.1, -0.05) is 19.1 Å². The molecule has 1 aromatic rings. The predicted octanol–water partition coefficient (Wildman–Crippen LogP) is 2.13. The van der Waals surface area contributed by atoms with Gasteiger partial charge < -0.3 is 15.3 Å². The highest BCUT2D eigenvalue weighted by Crippen LogP contribution is 2.23. The van der Waals surface area contributed by atoms with E-state index in [9.17, 15) is 5.11 Å². The van der Waals surface area contributed by atoms with Crippen LogP contribution in [0.5, 0.6) is 0 Å². The summed E-state index contributed by atoms with van der Waals surface area (Å²) < 4.78 is 0. The molecule has 0 aliphatic rings. The summed E-state index contributed by atoms with van der Waals surface area (Å²) >= 11 is 0. The monoisotopic (exact) mass is 263 g/mol. The van der Waals surface area contributed by atoms with E-state index in [0.29, 0.717) is 13.1 Å². The van der Waals surface area contributed by atoms with Crippen LogP contribution in [0.2, 0.25) is 0 Å². The fourth-order valence-corrected chi connectivity index (χ4v) is 2.04. The molecule has 4 nitrogen and oxygen atoms in total. The van der Waals surface area contributed by atoms with Crippen molar-refractivity contribution in [3.63, 3.8) is 0 Å². The van der Waals surface area contributed by atoms with Gasteiger partial charge in [-0.3, -0.25) is 0 Å². The Kier molecular flexibility index (Phi) is 7.15. The van der Waals surface area contributed by atoms with Crippen molar-refractivity contribution in [2.75, 3.05) is 31.1 Å². The van der Waals surface area contributed by atoms with E-state index in [1.54, 1.807) is 6.20 Å². The molecule has 2 N–H and O–H groups in total. The molecule has 0 radical (unpaired) electrons. The summed E-state index contributed by atoms with van der Waals surface area (Å²) in [5, 5.41) is 12.6. The van der Waals surface area contributed by atoms with Gasteiger partial charge in [-0.15, -0.1) is 6.58 Å². The molecule has 106 valence electrons. The van der Waals surface area contributed by atoms with E-state index < -0.39 is 0 Å². The average molecular weight is 263 g/mol. The predicted molar refractivity (Wildman–Crippen MR) is 80.4 cm³/mol. The zero-order chi connectivity index (χ0) is 14.1. The van der Waals surface area contributed by atoms with E-state index in [0.717, 1.165) is 24.3 Å². The second-order valence-corrected chi connectivity index (χ2v) is 4.55. The summed E-state index contributed by atoms with van der Waals surface area (Å²) in [6, 6.07) is 4.28. The molecule has 0 aliphatic carbocycles. The Labute approximate surface area is 116 Å². The van der Waals surface area contributed by atoms with Crippen LogP contribution in [0.1, 0.15) is 31.9 Å². The van der Waals surface area contributed by atoms with Gasteiger partial charge in [0.15, 0.2) is 0 Å². The number of aliphatic hydroxyl groups excluding tert-OH is 1. The highest BCUT2D eigenvalue weighted by molar-refractivity contribution is 5.48. The zero-order valence-electron chi connectivity index (χ0n) is 12.0. The van der Waals surface area contributed by atoms with E-state index in [-0.39, 0.29) is 12.6 Å². The molecule has 4 heteroatoms. The lowest BCUT2D eigenvalue weighted by Gasteiger charge is -2.26. The van der Waals surface area contributed by atoms with Gasteiger partial charge in [0.25, 0.3) is 0 Å². The first kappa shape index (κ1) is 15.7. The minimum Gasteiger partial charge on any atom is -0.395 e. The SMILES string of the molecule is C=CCN(CCO)c1ncccc1C(C)NCCC. The van der Waals surface area contributed by atoms with Crippen molar-refractivity contribution < 1.29 is 5.11 Å². The second kappa shape index (κ2) is 8.67. The Bertz CT molecular complexity index is 381. The smallest absolute Gasteiger partial charge is 0.133 e. The highest BCUT2D eigenvalue weighted by Gasteiger charge is 2.15. The molecule has 19 heavy (non-hydrogen) atoms. The first-order chi connectivity index (χ1) is 9.24. The largest absolute Gasteiger partial charge is 0.395 e. The van der Waals surface area contributed by atoms with Gasteiger partial charge in [-0.05, 0) is 26.0 Å². The third-order valence-corrected chi connectivity index (χ3v) is 3.00. The molecule has 1 unspecified atom stereocenters. The lowest BCUT2D eigenvalue weighted by atomic mass is 10.1. The van der Waals surface area contributed by atoms with Crippen LogP contribution in [-0.2, 0) is 0 Å². The summed E-state index contributed by atoms with van der Waals surface area (Å²) in [4.78, 5) is 6.52. The molecule has 0 aromatic carbocycles. The van der Waals surface area contributed by atoms with Crippen LogP contribution >= 0.6 is 0 Å². The number of pyridine rings is 1. The molecule has 0 saturated heterocycles. The maximum absolute atomic E-state index is 9.18.